The summed E-state index contributed by atoms with van der Waals surface area (Å²) < 4.78 is 5.58. The third kappa shape index (κ3) is 5.36. The number of aromatic nitrogens is 2. The fourth-order valence-corrected chi connectivity index (χ4v) is 3.41. The number of nitrogens with one attached hydrogen (secondary N) is 1. The first kappa shape index (κ1) is 21.8. The lowest BCUT2D eigenvalue weighted by Crippen LogP contribution is -2.24. The highest BCUT2D eigenvalue weighted by atomic mass is 16.6. The molecule has 0 unspecified atom stereocenters. The Bertz CT molecular complexity index is 998. The maximum atomic E-state index is 12.6. The highest BCUT2D eigenvalue weighted by Gasteiger charge is 2.20. The second-order valence-corrected chi connectivity index (χ2v) is 8.42. The second-order valence-electron chi connectivity index (χ2n) is 8.42. The zero-order valence-electron chi connectivity index (χ0n) is 18.3. The van der Waals surface area contributed by atoms with Crippen LogP contribution in [0.25, 0.3) is 11.1 Å². The van der Waals surface area contributed by atoms with Crippen LogP contribution in [0, 0.1) is 0 Å². The second kappa shape index (κ2) is 9.26. The number of carbonyl (C=O) groups excluding carboxylic acids is 1. The van der Waals surface area contributed by atoms with Gasteiger partial charge in [-0.3, -0.25) is 0 Å². The zero-order chi connectivity index (χ0) is 21.7. The lowest BCUT2D eigenvalue weighted by atomic mass is 9.97. The van der Waals surface area contributed by atoms with Crippen LogP contribution in [0.5, 0.6) is 0 Å². The summed E-state index contributed by atoms with van der Waals surface area (Å²) in [6.07, 6.45) is 2.42. The van der Waals surface area contributed by atoms with Gasteiger partial charge in [-0.25, -0.2) is 9.78 Å². The lowest BCUT2D eigenvalue weighted by molar-refractivity contribution is 0.00704. The Labute approximate surface area is 178 Å². The number of aryl methyl sites for hydroxylation is 1. The van der Waals surface area contributed by atoms with E-state index in [0.29, 0.717) is 12.1 Å². The van der Waals surface area contributed by atoms with Crippen molar-refractivity contribution >= 4 is 5.97 Å². The van der Waals surface area contributed by atoms with Crippen molar-refractivity contribution < 1.29 is 9.53 Å². The number of H-pyrrole nitrogens is 1. The fraction of sp³-hybridized carbons (Fsp3) is 0.360. The Morgan fingerprint density at radius 1 is 1.10 bits per heavy atom. The number of hydrogen-bond acceptors (Lipinski definition) is 4. The summed E-state index contributed by atoms with van der Waals surface area (Å²) in [6.45, 7) is 8.30. The number of aromatic amines is 1. The van der Waals surface area contributed by atoms with Gasteiger partial charge in [0.2, 0.25) is 0 Å². The molecule has 30 heavy (non-hydrogen) atoms. The van der Waals surface area contributed by atoms with Gasteiger partial charge in [-0.1, -0.05) is 49.4 Å². The molecule has 3 aromatic rings. The first-order valence-electron chi connectivity index (χ1n) is 10.5. The highest BCUT2D eigenvalue weighted by molar-refractivity contribution is 5.97. The van der Waals surface area contributed by atoms with Crippen molar-refractivity contribution in [1.29, 1.82) is 0 Å². The lowest BCUT2D eigenvalue weighted by Gasteiger charge is -2.20. The molecule has 0 saturated heterocycles. The summed E-state index contributed by atoms with van der Waals surface area (Å²) in [6, 6.07) is 15.9. The van der Waals surface area contributed by atoms with Gasteiger partial charge >= 0.3 is 5.97 Å². The van der Waals surface area contributed by atoms with Gasteiger partial charge < -0.3 is 15.5 Å². The van der Waals surface area contributed by atoms with E-state index < -0.39 is 5.60 Å². The summed E-state index contributed by atoms with van der Waals surface area (Å²) in [5.41, 5.74) is 11.0. The Morgan fingerprint density at radius 2 is 1.80 bits per heavy atom. The van der Waals surface area contributed by atoms with Crippen LogP contribution in [0.15, 0.2) is 48.5 Å². The summed E-state index contributed by atoms with van der Waals surface area (Å²) in [4.78, 5) is 20.7. The molecule has 0 aliphatic carbocycles. The molecule has 1 heterocycles. The van der Waals surface area contributed by atoms with Gasteiger partial charge in [0.15, 0.2) is 0 Å². The van der Waals surface area contributed by atoms with Crippen LogP contribution in [-0.4, -0.2) is 28.1 Å². The number of carbonyl (C=O) groups is 1. The van der Waals surface area contributed by atoms with E-state index >= 15 is 0 Å². The molecule has 0 aliphatic rings. The predicted molar refractivity (Wildman–Crippen MR) is 121 cm³/mol. The van der Waals surface area contributed by atoms with Crippen LogP contribution >= 0.6 is 0 Å². The first-order chi connectivity index (χ1) is 14.3. The average molecular weight is 406 g/mol. The molecular weight excluding hydrogens is 374 g/mol. The van der Waals surface area contributed by atoms with Crippen molar-refractivity contribution in [3.05, 3.63) is 76.9 Å². The van der Waals surface area contributed by atoms with Gasteiger partial charge in [-0.05, 0) is 50.1 Å². The molecule has 0 fully saturated rings. The molecule has 158 valence electrons. The van der Waals surface area contributed by atoms with Crippen molar-refractivity contribution in [2.45, 2.75) is 52.6 Å². The number of nitrogens with zero attached hydrogens (tertiary/aromatic N) is 1. The van der Waals surface area contributed by atoms with E-state index in [2.05, 4.69) is 41.2 Å². The standard InChI is InChI=1S/C25H31N3O2/c1-5-23-27-21(14-15-26)22(28-23)16-17-10-12-18(13-11-17)19-8-6-7-9-20(19)24(29)30-25(2,3)4/h6-13H,5,14-16,26H2,1-4H3,(H,27,28). The smallest absolute Gasteiger partial charge is 0.339 e. The maximum Gasteiger partial charge on any atom is 0.339 e. The molecule has 5 nitrogen and oxygen atoms in total. The Kier molecular flexibility index (Phi) is 6.73. The molecule has 0 saturated carbocycles. The Hall–Kier alpha value is -2.92. The number of imidazole rings is 1. The minimum Gasteiger partial charge on any atom is -0.456 e. The minimum atomic E-state index is -0.531. The number of esters is 1. The molecule has 5 heteroatoms. The monoisotopic (exact) mass is 405 g/mol. The van der Waals surface area contributed by atoms with Gasteiger partial charge in [-0.2, -0.15) is 0 Å². The molecule has 0 aliphatic heterocycles. The van der Waals surface area contributed by atoms with E-state index in [1.165, 1.54) is 5.56 Å². The summed E-state index contributed by atoms with van der Waals surface area (Å²) in [5, 5.41) is 0. The van der Waals surface area contributed by atoms with Gasteiger partial charge in [0.1, 0.15) is 11.4 Å². The van der Waals surface area contributed by atoms with Crippen LogP contribution in [0.4, 0.5) is 0 Å². The molecule has 0 radical (unpaired) electrons. The van der Waals surface area contributed by atoms with Crippen molar-refractivity contribution in [1.82, 2.24) is 9.97 Å². The zero-order valence-corrected chi connectivity index (χ0v) is 18.3. The SMILES string of the molecule is CCc1nc(CCN)c(Cc2ccc(-c3ccccc3C(=O)OC(C)(C)C)cc2)[nH]1. The van der Waals surface area contributed by atoms with Crippen molar-refractivity contribution in [2.75, 3.05) is 6.54 Å². The number of nitrogens with two attached hydrogens (primary N) is 1. The maximum absolute atomic E-state index is 12.6. The largest absolute Gasteiger partial charge is 0.456 e. The van der Waals surface area contributed by atoms with Gasteiger partial charge in [0.05, 0.1) is 11.3 Å². The minimum absolute atomic E-state index is 0.307. The van der Waals surface area contributed by atoms with Crippen molar-refractivity contribution in [2.24, 2.45) is 5.73 Å². The van der Waals surface area contributed by atoms with Crippen molar-refractivity contribution in [3.63, 3.8) is 0 Å². The number of hydrogen-bond donors (Lipinski definition) is 2. The molecule has 0 amide bonds. The number of benzene rings is 2. The van der Waals surface area contributed by atoms with Crippen molar-refractivity contribution in [3.8, 4) is 11.1 Å². The van der Waals surface area contributed by atoms with E-state index in [1.54, 1.807) is 0 Å². The van der Waals surface area contributed by atoms with E-state index in [1.807, 2.05) is 45.0 Å². The van der Waals surface area contributed by atoms with Crippen LogP contribution in [-0.2, 0) is 24.0 Å². The molecule has 0 atom stereocenters. The number of rotatable bonds is 7. The molecule has 0 spiro atoms. The molecule has 0 bridgehead atoms. The average Bonchev–Trinajstić information content (AvgIpc) is 3.09. The van der Waals surface area contributed by atoms with E-state index in [9.17, 15) is 4.79 Å². The molecular formula is C25H31N3O2. The topological polar surface area (TPSA) is 81.0 Å². The highest BCUT2D eigenvalue weighted by Crippen LogP contribution is 2.26. The predicted octanol–water partition coefficient (Wildman–Crippen LogP) is 4.69. The first-order valence-corrected chi connectivity index (χ1v) is 10.5. The van der Waals surface area contributed by atoms with Gasteiger partial charge in [0.25, 0.3) is 0 Å². The van der Waals surface area contributed by atoms with Gasteiger partial charge in [-0.15, -0.1) is 0 Å². The third-order valence-electron chi connectivity index (χ3n) is 4.82. The third-order valence-corrected chi connectivity index (χ3v) is 4.82. The summed E-state index contributed by atoms with van der Waals surface area (Å²) in [7, 11) is 0. The quantitative estimate of drug-likeness (QED) is 0.559. The van der Waals surface area contributed by atoms with Crippen LogP contribution in [0.3, 0.4) is 0 Å². The number of ether oxygens (including phenoxy) is 1. The summed E-state index contributed by atoms with van der Waals surface area (Å²) >= 11 is 0. The van der Waals surface area contributed by atoms with E-state index in [4.69, 9.17) is 10.5 Å². The van der Waals surface area contributed by atoms with E-state index in [-0.39, 0.29) is 5.97 Å². The van der Waals surface area contributed by atoms with Crippen LogP contribution < -0.4 is 5.73 Å². The molecule has 3 N–H and O–H groups in total. The Balaban J connectivity index is 1.84. The van der Waals surface area contributed by atoms with E-state index in [0.717, 1.165) is 47.6 Å². The van der Waals surface area contributed by atoms with Crippen LogP contribution in [0.2, 0.25) is 0 Å². The molecule has 2 aromatic carbocycles. The normalized spacial score (nSPS) is 11.5. The summed E-state index contributed by atoms with van der Waals surface area (Å²) in [5.74, 6) is 0.689. The van der Waals surface area contributed by atoms with Gasteiger partial charge in [0, 0.05) is 25.0 Å². The molecule has 3 rings (SSSR count). The fourth-order valence-electron chi connectivity index (χ4n) is 3.41. The van der Waals surface area contributed by atoms with Crippen LogP contribution in [0.1, 0.15) is 60.8 Å². The molecule has 1 aromatic heterocycles. The Morgan fingerprint density at radius 3 is 2.43 bits per heavy atom.